The van der Waals surface area contributed by atoms with Gasteiger partial charge in [0.15, 0.2) is 0 Å². The Balaban J connectivity index is 1.66. The molecule has 1 heterocycles. The number of hydrogen-bond acceptors (Lipinski definition) is 7. The molecule has 0 saturated heterocycles. The van der Waals surface area contributed by atoms with Gasteiger partial charge in [0.25, 0.3) is 5.91 Å². The second-order valence-corrected chi connectivity index (χ2v) is 16.5. The molecule has 3 N–H and O–H groups in total. The third kappa shape index (κ3) is 9.06. The minimum absolute atomic E-state index is 0.0703. The van der Waals surface area contributed by atoms with Gasteiger partial charge in [-0.2, -0.15) is 13.2 Å². The van der Waals surface area contributed by atoms with E-state index in [9.17, 15) is 31.2 Å². The summed E-state index contributed by atoms with van der Waals surface area (Å²) >= 11 is 13.3. The lowest BCUT2D eigenvalue weighted by Crippen LogP contribution is -2.40. The van der Waals surface area contributed by atoms with Crippen LogP contribution in [0.2, 0.25) is 10.0 Å². The zero-order valence-electron chi connectivity index (χ0n) is 27.7. The molecule has 1 saturated carbocycles. The zero-order chi connectivity index (χ0) is 35.8. The van der Waals surface area contributed by atoms with Gasteiger partial charge in [-0.1, -0.05) is 50.0 Å². The minimum atomic E-state index is -4.27. The maximum absolute atomic E-state index is 13.6. The summed E-state index contributed by atoms with van der Waals surface area (Å²) in [7, 11) is 0.0859. The van der Waals surface area contributed by atoms with Crippen LogP contribution in [0.5, 0.6) is 0 Å². The maximum atomic E-state index is 13.6. The SMILES string of the molecule is CN(CCS(C)(=O)=O)c1cc2c(cc1C(=O)NC1CCC(C(F)(F)F)CC1)nc(Nc1c(Cl)ccc(CNC(=O)C(C)(C)C)c1Cl)n2C. The predicted molar refractivity (Wildman–Crippen MR) is 184 cm³/mol. The number of fused-ring (bicyclic) bond motifs is 1. The van der Waals surface area contributed by atoms with E-state index in [1.807, 2.05) is 0 Å². The number of amides is 2. The molecule has 4 rings (SSSR count). The Morgan fingerprint density at radius 1 is 1.08 bits per heavy atom. The van der Waals surface area contributed by atoms with Gasteiger partial charge < -0.3 is 25.4 Å². The molecule has 10 nitrogen and oxygen atoms in total. The van der Waals surface area contributed by atoms with Crippen LogP contribution >= 0.6 is 23.2 Å². The van der Waals surface area contributed by atoms with Gasteiger partial charge in [0.2, 0.25) is 11.9 Å². The summed E-state index contributed by atoms with van der Waals surface area (Å²) in [6, 6.07) is 6.22. The first-order valence-corrected chi connectivity index (χ1v) is 18.3. The van der Waals surface area contributed by atoms with E-state index < -0.39 is 39.3 Å². The van der Waals surface area contributed by atoms with Crippen molar-refractivity contribution in [1.29, 1.82) is 0 Å². The van der Waals surface area contributed by atoms with E-state index in [4.69, 9.17) is 23.2 Å². The van der Waals surface area contributed by atoms with Crippen LogP contribution in [0.1, 0.15) is 62.4 Å². The first-order valence-electron chi connectivity index (χ1n) is 15.4. The second kappa shape index (κ2) is 14.3. The third-order valence-corrected chi connectivity index (χ3v) is 10.2. The van der Waals surface area contributed by atoms with Crippen LogP contribution < -0.4 is 20.9 Å². The summed E-state index contributed by atoms with van der Waals surface area (Å²) in [5, 5.41) is 9.51. The smallest absolute Gasteiger partial charge is 0.373 e. The van der Waals surface area contributed by atoms with Gasteiger partial charge in [-0.15, -0.1) is 0 Å². The van der Waals surface area contributed by atoms with E-state index in [1.165, 1.54) is 0 Å². The van der Waals surface area contributed by atoms with Gasteiger partial charge in [-0.25, -0.2) is 13.4 Å². The van der Waals surface area contributed by atoms with Crippen molar-refractivity contribution in [1.82, 2.24) is 20.2 Å². The Morgan fingerprint density at radius 3 is 2.31 bits per heavy atom. The van der Waals surface area contributed by atoms with E-state index in [0.29, 0.717) is 38.9 Å². The molecule has 1 aromatic heterocycles. The number of aryl methyl sites for hydroxylation is 1. The monoisotopic (exact) mass is 732 g/mol. The Hall–Kier alpha value is -3.23. The molecule has 0 bridgehead atoms. The molecule has 2 amide bonds. The fraction of sp³-hybridized carbons (Fsp3) is 0.531. The van der Waals surface area contributed by atoms with E-state index in [1.54, 1.807) is 68.6 Å². The topological polar surface area (TPSA) is 125 Å². The molecule has 0 atom stereocenters. The second-order valence-electron chi connectivity index (χ2n) is 13.4. The third-order valence-electron chi connectivity index (χ3n) is 8.51. The standard InChI is InChI=1S/C32H41Cl2F3N6O4S/c1-31(2,3)29(45)38-17-18-7-12-22(33)27(26(18)34)41-30-40-23-15-21(28(44)39-20-10-8-19(9-11-20)32(35,36)37)24(16-25(23)43(30)5)42(4)13-14-48(6,46)47/h7,12,15-16,19-20H,8-11,13-14,17H2,1-6H3,(H,38,45)(H,39,44)(H,40,41). The fourth-order valence-corrected chi connectivity index (χ4v) is 6.62. The lowest BCUT2D eigenvalue weighted by atomic mass is 9.85. The van der Waals surface area contributed by atoms with Crippen LogP contribution in [-0.2, 0) is 28.2 Å². The molecule has 1 fully saturated rings. The highest BCUT2D eigenvalue weighted by atomic mass is 35.5. The van der Waals surface area contributed by atoms with Crippen molar-refractivity contribution in [3.8, 4) is 0 Å². The van der Waals surface area contributed by atoms with Crippen molar-refractivity contribution in [3.05, 3.63) is 45.4 Å². The van der Waals surface area contributed by atoms with Gasteiger partial charge in [0.1, 0.15) is 9.84 Å². The molecule has 0 spiro atoms. The lowest BCUT2D eigenvalue weighted by molar-refractivity contribution is -0.182. The molecule has 1 aliphatic carbocycles. The number of nitrogens with zero attached hydrogens (tertiary/aromatic N) is 3. The number of hydrogen-bond donors (Lipinski definition) is 3. The fourth-order valence-electron chi connectivity index (χ4n) is 5.49. The highest BCUT2D eigenvalue weighted by Crippen LogP contribution is 2.39. The van der Waals surface area contributed by atoms with Gasteiger partial charge in [-0.3, -0.25) is 9.59 Å². The molecule has 0 unspecified atom stereocenters. The molecule has 0 aliphatic heterocycles. The number of imidazole rings is 1. The van der Waals surface area contributed by atoms with Gasteiger partial charge in [0, 0.05) is 44.9 Å². The first kappa shape index (κ1) is 37.6. The van der Waals surface area contributed by atoms with Crippen molar-refractivity contribution in [3.63, 3.8) is 0 Å². The zero-order valence-corrected chi connectivity index (χ0v) is 30.0. The summed E-state index contributed by atoms with van der Waals surface area (Å²) in [6.45, 7) is 5.67. The molecule has 2 aromatic carbocycles. The number of carbonyl (C=O) groups excluding carboxylic acids is 2. The van der Waals surface area contributed by atoms with Gasteiger partial charge >= 0.3 is 6.18 Å². The van der Waals surface area contributed by atoms with Crippen LogP contribution in [0.15, 0.2) is 24.3 Å². The number of sulfone groups is 1. The number of carbonyl (C=O) groups is 2. The van der Waals surface area contributed by atoms with Crippen molar-refractivity contribution in [2.75, 3.05) is 35.8 Å². The number of anilines is 3. The van der Waals surface area contributed by atoms with Crippen molar-refractivity contribution in [2.24, 2.45) is 18.4 Å². The van der Waals surface area contributed by atoms with Crippen LogP contribution in [0.4, 0.5) is 30.5 Å². The predicted octanol–water partition coefficient (Wildman–Crippen LogP) is 6.62. The molecular formula is C32H41Cl2F3N6O4S. The normalized spacial score (nSPS) is 17.3. The highest BCUT2D eigenvalue weighted by Gasteiger charge is 2.41. The largest absolute Gasteiger partial charge is 0.391 e. The van der Waals surface area contributed by atoms with E-state index in [-0.39, 0.29) is 61.0 Å². The summed E-state index contributed by atoms with van der Waals surface area (Å²) in [5.74, 6) is -1.86. The van der Waals surface area contributed by atoms with Crippen LogP contribution in [0, 0.1) is 11.3 Å². The molecule has 264 valence electrons. The van der Waals surface area contributed by atoms with Crippen LogP contribution in [0.3, 0.4) is 0 Å². The van der Waals surface area contributed by atoms with Crippen molar-refractivity contribution < 1.29 is 31.2 Å². The molecule has 3 aromatic rings. The molecule has 1 aliphatic rings. The number of alkyl halides is 3. The van der Waals surface area contributed by atoms with E-state index in [2.05, 4.69) is 20.9 Å². The number of halogens is 5. The van der Waals surface area contributed by atoms with Gasteiger partial charge in [-0.05, 0) is 49.4 Å². The summed E-state index contributed by atoms with van der Waals surface area (Å²) < 4.78 is 65.2. The minimum Gasteiger partial charge on any atom is -0.373 e. The van der Waals surface area contributed by atoms with Crippen molar-refractivity contribution in [2.45, 2.75) is 65.2 Å². The van der Waals surface area contributed by atoms with Crippen LogP contribution in [0.25, 0.3) is 11.0 Å². The summed E-state index contributed by atoms with van der Waals surface area (Å²) in [4.78, 5) is 32.4. The molecule has 0 radical (unpaired) electrons. The molecule has 16 heteroatoms. The number of benzene rings is 2. The lowest BCUT2D eigenvalue weighted by Gasteiger charge is -2.30. The Morgan fingerprint density at radius 2 is 1.73 bits per heavy atom. The van der Waals surface area contributed by atoms with E-state index >= 15 is 0 Å². The summed E-state index contributed by atoms with van der Waals surface area (Å²) in [6.07, 6.45) is -2.90. The quantitative estimate of drug-likeness (QED) is 0.214. The van der Waals surface area contributed by atoms with E-state index in [0.717, 1.165) is 6.26 Å². The number of rotatable bonds is 10. The van der Waals surface area contributed by atoms with Gasteiger partial charge in [0.05, 0.1) is 49.7 Å². The maximum Gasteiger partial charge on any atom is 0.391 e. The average molecular weight is 734 g/mol. The first-order chi connectivity index (χ1) is 22.2. The number of aromatic nitrogens is 2. The molecular weight excluding hydrogens is 692 g/mol. The van der Waals surface area contributed by atoms with Crippen molar-refractivity contribution >= 4 is 73.2 Å². The molecule has 48 heavy (non-hydrogen) atoms. The number of nitrogens with one attached hydrogen (secondary N) is 3. The Labute approximate surface area is 288 Å². The Kier molecular flexibility index (Phi) is 11.2. The van der Waals surface area contributed by atoms with Crippen LogP contribution in [-0.4, -0.2) is 67.6 Å². The highest BCUT2D eigenvalue weighted by molar-refractivity contribution is 7.90. The Bertz CT molecular complexity index is 1800. The average Bonchev–Trinajstić information content (AvgIpc) is 3.29. The summed E-state index contributed by atoms with van der Waals surface area (Å²) in [5.41, 5.74) is 2.04.